The lowest BCUT2D eigenvalue weighted by Crippen LogP contribution is -2.55. The molecule has 0 heterocycles. The van der Waals surface area contributed by atoms with Crippen LogP contribution in [0, 0.1) is 0 Å². The third-order valence-corrected chi connectivity index (χ3v) is 8.78. The minimum Gasteiger partial charge on any atom is -0.544 e. The number of hydrogen-bond donors (Lipinski definition) is 0. The van der Waals surface area contributed by atoms with Crippen molar-refractivity contribution >= 4 is 17.9 Å². The summed E-state index contributed by atoms with van der Waals surface area (Å²) in [7, 11) is 5.37. The van der Waals surface area contributed by atoms with Gasteiger partial charge in [0.2, 0.25) is 0 Å². The number of likely N-dealkylation sites (N-methyl/N-ethyl adjacent to an activating group) is 1. The zero-order valence-electron chi connectivity index (χ0n) is 35.8. The number of quaternary nitrogens is 1. The van der Waals surface area contributed by atoms with E-state index in [-0.39, 0.29) is 49.1 Å². The molecule has 0 aliphatic carbocycles. The Morgan fingerprint density at radius 1 is 0.554 bits per heavy atom. The molecule has 56 heavy (non-hydrogen) atoms. The highest BCUT2D eigenvalue weighted by molar-refractivity contribution is 5.70. The van der Waals surface area contributed by atoms with Crippen molar-refractivity contribution in [2.24, 2.45) is 0 Å². The second-order valence-corrected chi connectivity index (χ2v) is 14.9. The van der Waals surface area contributed by atoms with Crippen LogP contribution < -0.4 is 5.11 Å². The lowest BCUT2D eigenvalue weighted by Gasteiger charge is -2.34. The number of rotatable bonds is 36. The molecule has 0 aromatic heterocycles. The molecule has 0 rings (SSSR count). The third kappa shape index (κ3) is 35.9. The molecule has 316 valence electrons. The van der Waals surface area contributed by atoms with Crippen LogP contribution in [0.4, 0.5) is 0 Å². The highest BCUT2D eigenvalue weighted by Crippen LogP contribution is 2.12. The Morgan fingerprint density at radius 3 is 1.62 bits per heavy atom. The lowest BCUT2D eigenvalue weighted by molar-refractivity contribution is -0.889. The number of carboxylic acid groups (broad SMARTS) is 1. The van der Waals surface area contributed by atoms with Gasteiger partial charge in [-0.1, -0.05) is 143 Å². The van der Waals surface area contributed by atoms with Crippen molar-refractivity contribution in [3.63, 3.8) is 0 Å². The predicted molar refractivity (Wildman–Crippen MR) is 231 cm³/mol. The summed E-state index contributed by atoms with van der Waals surface area (Å²) < 4.78 is 17.1. The van der Waals surface area contributed by atoms with Gasteiger partial charge in [0.1, 0.15) is 12.6 Å². The van der Waals surface area contributed by atoms with Gasteiger partial charge in [-0.05, 0) is 70.6 Å². The fraction of sp³-hybridized carbons (Fsp3) is 0.604. The summed E-state index contributed by atoms with van der Waals surface area (Å²) in [6, 6.07) is -0.743. The molecule has 0 saturated heterocycles. The van der Waals surface area contributed by atoms with Crippen LogP contribution in [0.15, 0.2) is 97.2 Å². The zero-order chi connectivity index (χ0) is 41.4. The van der Waals surface area contributed by atoms with Crippen LogP contribution in [-0.2, 0) is 28.6 Å². The van der Waals surface area contributed by atoms with E-state index in [4.69, 9.17) is 14.2 Å². The van der Waals surface area contributed by atoms with Gasteiger partial charge in [0.15, 0.2) is 6.10 Å². The van der Waals surface area contributed by atoms with E-state index < -0.39 is 18.1 Å². The van der Waals surface area contributed by atoms with E-state index in [0.717, 1.165) is 77.0 Å². The minimum absolute atomic E-state index is 0.00744. The Labute approximate surface area is 341 Å². The monoisotopic (exact) mass is 780 g/mol. The first-order chi connectivity index (χ1) is 27.1. The van der Waals surface area contributed by atoms with Gasteiger partial charge >= 0.3 is 11.9 Å². The molecule has 0 bridgehead atoms. The number of allylic oxidation sites excluding steroid dienone is 16. The molecule has 0 aromatic carbocycles. The Kier molecular flexibility index (Phi) is 35.6. The van der Waals surface area contributed by atoms with Gasteiger partial charge in [-0.3, -0.25) is 9.59 Å². The lowest BCUT2D eigenvalue weighted by atomic mass is 10.1. The largest absolute Gasteiger partial charge is 0.544 e. The number of hydrogen-bond acceptors (Lipinski definition) is 7. The van der Waals surface area contributed by atoms with Crippen LogP contribution in [0.25, 0.3) is 0 Å². The maximum atomic E-state index is 12.7. The topological polar surface area (TPSA) is 102 Å². The average Bonchev–Trinajstić information content (AvgIpc) is 3.15. The van der Waals surface area contributed by atoms with Crippen molar-refractivity contribution in [2.45, 2.75) is 148 Å². The van der Waals surface area contributed by atoms with E-state index in [0.29, 0.717) is 12.8 Å². The number of carbonyl (C=O) groups is 3. The van der Waals surface area contributed by atoms with E-state index in [2.05, 4.69) is 111 Å². The molecular weight excluding hydrogens is 703 g/mol. The van der Waals surface area contributed by atoms with E-state index in [1.165, 1.54) is 19.3 Å². The van der Waals surface area contributed by atoms with Crippen LogP contribution >= 0.6 is 0 Å². The quantitative estimate of drug-likeness (QED) is 0.0205. The number of ether oxygens (including phenoxy) is 3. The Balaban J connectivity index is 4.51. The minimum atomic E-state index is -1.14. The second kappa shape index (κ2) is 38.1. The number of unbranched alkanes of at least 4 members (excludes halogenated alkanes) is 8. The summed E-state index contributed by atoms with van der Waals surface area (Å²) in [6.07, 6.45) is 50.1. The van der Waals surface area contributed by atoms with Crippen molar-refractivity contribution < 1.29 is 38.2 Å². The second-order valence-electron chi connectivity index (χ2n) is 14.9. The molecule has 2 unspecified atom stereocenters. The van der Waals surface area contributed by atoms with Gasteiger partial charge in [-0.15, -0.1) is 0 Å². The van der Waals surface area contributed by atoms with Gasteiger partial charge in [0.05, 0.1) is 40.3 Å². The number of aliphatic carboxylic acids is 1. The molecule has 8 heteroatoms. The summed E-state index contributed by atoms with van der Waals surface area (Å²) >= 11 is 0. The predicted octanol–water partition coefficient (Wildman–Crippen LogP) is 10.2. The van der Waals surface area contributed by atoms with Crippen LogP contribution in [0.5, 0.6) is 0 Å². The van der Waals surface area contributed by atoms with Crippen molar-refractivity contribution in [3.05, 3.63) is 97.2 Å². The summed E-state index contributed by atoms with van der Waals surface area (Å²) in [5, 5.41) is 11.6. The normalized spacial score (nSPS) is 13.9. The standard InChI is InChI=1S/C48H77NO7/c1-6-8-10-12-14-16-18-20-22-23-25-27-29-31-33-35-37-39-47(51)56-44(42-54-41-40-45(48(52)53)49(3,4)5)43-55-46(50)38-36-34-32-30-28-26-24-21-19-17-15-13-11-9-7-2/h8-11,13-17,19-20,22,25,27,31,33,44-45H,6-7,12,18,21,23-24,26,28-30,32,34-43H2,1-5H3/b10-8+,11-9+,15-13+,16-14+,19-17+,22-20+,27-25+,33-31+. The molecular formula is C48H77NO7. The maximum absolute atomic E-state index is 12.7. The summed E-state index contributed by atoms with van der Waals surface area (Å²) in [6.45, 7) is 4.31. The fourth-order valence-corrected chi connectivity index (χ4v) is 5.52. The maximum Gasteiger partial charge on any atom is 0.306 e. The Bertz CT molecular complexity index is 1230. The van der Waals surface area contributed by atoms with Gasteiger partial charge in [-0.2, -0.15) is 0 Å². The number of carboxylic acids is 1. The van der Waals surface area contributed by atoms with E-state index >= 15 is 0 Å². The molecule has 0 aromatic rings. The van der Waals surface area contributed by atoms with E-state index in [1.54, 1.807) is 21.1 Å². The Morgan fingerprint density at radius 2 is 1.05 bits per heavy atom. The van der Waals surface area contributed by atoms with E-state index in [9.17, 15) is 19.5 Å². The van der Waals surface area contributed by atoms with Crippen LogP contribution in [-0.4, -0.2) is 75.5 Å². The van der Waals surface area contributed by atoms with Gasteiger partial charge in [-0.25, -0.2) is 0 Å². The summed E-state index contributed by atoms with van der Waals surface area (Å²) in [5.41, 5.74) is 0. The molecule has 0 aliphatic rings. The first kappa shape index (κ1) is 52.2. The van der Waals surface area contributed by atoms with Gasteiger partial charge < -0.3 is 28.6 Å². The molecule has 8 nitrogen and oxygen atoms in total. The summed E-state index contributed by atoms with van der Waals surface area (Å²) in [4.78, 5) is 36.8. The van der Waals surface area contributed by atoms with E-state index in [1.807, 2.05) is 0 Å². The first-order valence-corrected chi connectivity index (χ1v) is 21.3. The number of nitrogens with zero attached hydrogens (tertiary/aromatic N) is 1. The average molecular weight is 780 g/mol. The van der Waals surface area contributed by atoms with Crippen LogP contribution in [0.3, 0.4) is 0 Å². The molecule has 2 atom stereocenters. The molecule has 0 saturated carbocycles. The number of esters is 2. The van der Waals surface area contributed by atoms with Crippen LogP contribution in [0.1, 0.15) is 136 Å². The highest BCUT2D eigenvalue weighted by atomic mass is 16.6. The number of carbonyl (C=O) groups excluding carboxylic acids is 3. The van der Waals surface area contributed by atoms with Crippen molar-refractivity contribution in [1.82, 2.24) is 0 Å². The van der Waals surface area contributed by atoms with Crippen LogP contribution in [0.2, 0.25) is 0 Å². The molecule has 0 N–H and O–H groups in total. The molecule has 0 fully saturated rings. The first-order valence-electron chi connectivity index (χ1n) is 21.3. The van der Waals surface area contributed by atoms with Gasteiger partial charge in [0.25, 0.3) is 0 Å². The van der Waals surface area contributed by atoms with Crippen molar-refractivity contribution in [3.8, 4) is 0 Å². The highest BCUT2D eigenvalue weighted by Gasteiger charge is 2.25. The molecule has 0 aliphatic heterocycles. The molecule has 0 spiro atoms. The molecule has 0 radical (unpaired) electrons. The SMILES string of the molecule is CC/C=C/C=C/C=C/CCCCCCCCCC(=O)OCC(COCCC(C(=O)[O-])[N+](C)(C)C)OC(=O)CCC/C=C/C/C=C/C/C=C/C/C=C/C/C=C/CC. The Hall–Kier alpha value is -3.75. The fourth-order valence-electron chi connectivity index (χ4n) is 5.52. The smallest absolute Gasteiger partial charge is 0.306 e. The van der Waals surface area contributed by atoms with Crippen molar-refractivity contribution in [1.29, 1.82) is 0 Å². The molecule has 0 amide bonds. The summed E-state index contributed by atoms with van der Waals surface area (Å²) in [5.74, 6) is -1.84. The van der Waals surface area contributed by atoms with Gasteiger partial charge in [0, 0.05) is 19.3 Å². The van der Waals surface area contributed by atoms with Crippen molar-refractivity contribution in [2.75, 3.05) is 41.0 Å². The zero-order valence-corrected chi connectivity index (χ0v) is 35.8. The third-order valence-electron chi connectivity index (χ3n) is 8.78.